The fraction of sp³-hybridized carbons (Fsp3) is 0.778. The van der Waals surface area contributed by atoms with Gasteiger partial charge in [0.2, 0.25) is 0 Å². The van der Waals surface area contributed by atoms with Crippen LogP contribution in [-0.4, -0.2) is 25.1 Å². The van der Waals surface area contributed by atoms with E-state index in [2.05, 4.69) is 17.2 Å². The van der Waals surface area contributed by atoms with E-state index in [-0.39, 0.29) is 12.0 Å². The van der Waals surface area contributed by atoms with E-state index in [4.69, 9.17) is 15.9 Å². The van der Waals surface area contributed by atoms with Crippen LogP contribution in [0.1, 0.15) is 33.1 Å². The Bertz CT molecular complexity index is 191. The average molecular weight is 200 g/mol. The average Bonchev–Trinajstić information content (AvgIpc) is 2.15. The van der Waals surface area contributed by atoms with Gasteiger partial charge in [-0.25, -0.2) is 0 Å². The molecular formula is C9H20N4O. The SMILES string of the molecule is CCCCN=C(N)NC(=N)OCCC. The number of amidine groups is 1. The molecule has 0 saturated carbocycles. The van der Waals surface area contributed by atoms with Crippen LogP contribution in [0.5, 0.6) is 0 Å². The maximum atomic E-state index is 7.31. The van der Waals surface area contributed by atoms with Crippen molar-refractivity contribution in [2.45, 2.75) is 33.1 Å². The molecule has 0 saturated heterocycles. The Morgan fingerprint density at radius 2 is 2.14 bits per heavy atom. The first kappa shape index (κ1) is 12.7. The van der Waals surface area contributed by atoms with Gasteiger partial charge in [-0.2, -0.15) is 0 Å². The molecule has 0 aromatic rings. The van der Waals surface area contributed by atoms with Crippen molar-refractivity contribution in [3.05, 3.63) is 0 Å². The summed E-state index contributed by atoms with van der Waals surface area (Å²) in [5.74, 6) is 0.250. The maximum absolute atomic E-state index is 7.31. The van der Waals surface area contributed by atoms with Gasteiger partial charge in [0, 0.05) is 6.54 Å². The number of hydrogen-bond acceptors (Lipinski definition) is 3. The second-order valence-electron chi connectivity index (χ2n) is 2.92. The van der Waals surface area contributed by atoms with Crippen LogP contribution >= 0.6 is 0 Å². The predicted molar refractivity (Wildman–Crippen MR) is 58.5 cm³/mol. The summed E-state index contributed by atoms with van der Waals surface area (Å²) in [5.41, 5.74) is 5.51. The number of nitrogens with zero attached hydrogens (tertiary/aromatic N) is 1. The highest BCUT2D eigenvalue weighted by Crippen LogP contribution is 1.86. The van der Waals surface area contributed by atoms with E-state index in [1.807, 2.05) is 6.92 Å². The van der Waals surface area contributed by atoms with Crippen LogP contribution in [0.25, 0.3) is 0 Å². The summed E-state index contributed by atoms with van der Waals surface area (Å²) in [6, 6.07) is -0.0374. The molecule has 0 fully saturated rings. The van der Waals surface area contributed by atoms with Gasteiger partial charge < -0.3 is 10.5 Å². The van der Waals surface area contributed by atoms with Gasteiger partial charge >= 0.3 is 0 Å². The largest absolute Gasteiger partial charge is 0.465 e. The fourth-order valence-electron chi connectivity index (χ4n) is 0.754. The summed E-state index contributed by atoms with van der Waals surface area (Å²) in [4.78, 5) is 4.02. The Morgan fingerprint density at radius 3 is 2.71 bits per heavy atom. The number of unbranched alkanes of at least 4 members (excludes halogenated alkanes) is 1. The quantitative estimate of drug-likeness (QED) is 0.352. The van der Waals surface area contributed by atoms with Crippen molar-refractivity contribution in [1.82, 2.24) is 5.32 Å². The van der Waals surface area contributed by atoms with Crippen molar-refractivity contribution in [2.75, 3.05) is 13.2 Å². The van der Waals surface area contributed by atoms with E-state index in [9.17, 15) is 0 Å². The molecule has 0 atom stereocenters. The van der Waals surface area contributed by atoms with Gasteiger partial charge in [0.1, 0.15) is 0 Å². The molecule has 0 aromatic heterocycles. The van der Waals surface area contributed by atoms with Gasteiger partial charge in [-0.3, -0.25) is 15.7 Å². The first-order valence-corrected chi connectivity index (χ1v) is 4.99. The Balaban J connectivity index is 3.63. The second-order valence-corrected chi connectivity index (χ2v) is 2.92. The van der Waals surface area contributed by atoms with E-state index < -0.39 is 0 Å². The highest BCUT2D eigenvalue weighted by molar-refractivity contribution is 5.93. The molecule has 0 radical (unpaired) electrons. The first-order valence-electron chi connectivity index (χ1n) is 4.99. The Kier molecular flexibility index (Phi) is 7.59. The Hall–Kier alpha value is -1.26. The summed E-state index contributed by atoms with van der Waals surface area (Å²) < 4.78 is 4.98. The molecule has 0 unspecified atom stereocenters. The topological polar surface area (TPSA) is 83.5 Å². The third-order valence-corrected chi connectivity index (χ3v) is 1.49. The van der Waals surface area contributed by atoms with Gasteiger partial charge in [0.05, 0.1) is 6.61 Å². The normalized spacial score (nSPS) is 11.1. The smallest absolute Gasteiger partial charge is 0.288 e. The van der Waals surface area contributed by atoms with Crippen molar-refractivity contribution in [1.29, 1.82) is 5.41 Å². The number of nitrogens with one attached hydrogen (secondary N) is 2. The van der Waals surface area contributed by atoms with Crippen LogP contribution in [0.3, 0.4) is 0 Å². The van der Waals surface area contributed by atoms with Gasteiger partial charge in [0.15, 0.2) is 5.96 Å². The lowest BCUT2D eigenvalue weighted by atomic mass is 10.3. The molecular weight excluding hydrogens is 180 g/mol. The minimum atomic E-state index is -0.0374. The molecule has 0 amide bonds. The fourth-order valence-corrected chi connectivity index (χ4v) is 0.754. The highest BCUT2D eigenvalue weighted by Gasteiger charge is 1.97. The van der Waals surface area contributed by atoms with Crippen LogP contribution in [0.4, 0.5) is 0 Å². The van der Waals surface area contributed by atoms with Crippen LogP contribution < -0.4 is 11.1 Å². The number of guanidine groups is 1. The first-order chi connectivity index (χ1) is 6.70. The molecule has 14 heavy (non-hydrogen) atoms. The standard InChI is InChI=1S/C9H20N4O/c1-3-5-6-12-8(10)13-9(11)14-7-4-2/h3-7H2,1-2H3,(H4,10,11,12,13). The molecule has 0 aliphatic heterocycles. The summed E-state index contributed by atoms with van der Waals surface area (Å²) in [6.45, 7) is 5.28. The molecule has 0 heterocycles. The van der Waals surface area contributed by atoms with Crippen LogP contribution in [-0.2, 0) is 4.74 Å². The highest BCUT2D eigenvalue weighted by atomic mass is 16.5. The molecule has 0 aliphatic carbocycles. The Morgan fingerprint density at radius 1 is 1.43 bits per heavy atom. The van der Waals surface area contributed by atoms with Crippen molar-refractivity contribution >= 4 is 12.0 Å². The van der Waals surface area contributed by atoms with Crippen LogP contribution in [0.15, 0.2) is 4.99 Å². The zero-order valence-electron chi connectivity index (χ0n) is 8.97. The van der Waals surface area contributed by atoms with Crippen LogP contribution in [0, 0.1) is 5.41 Å². The van der Waals surface area contributed by atoms with Crippen molar-refractivity contribution in [2.24, 2.45) is 10.7 Å². The van der Waals surface area contributed by atoms with Crippen LogP contribution in [0.2, 0.25) is 0 Å². The lowest BCUT2D eigenvalue weighted by Crippen LogP contribution is -2.37. The zero-order chi connectivity index (χ0) is 10.8. The van der Waals surface area contributed by atoms with Gasteiger partial charge in [-0.05, 0) is 12.8 Å². The third-order valence-electron chi connectivity index (χ3n) is 1.49. The number of aliphatic imine (C=N–C) groups is 1. The molecule has 5 nitrogen and oxygen atoms in total. The second kappa shape index (κ2) is 8.34. The number of rotatable bonds is 5. The zero-order valence-corrected chi connectivity index (χ0v) is 8.97. The monoisotopic (exact) mass is 200 g/mol. The molecule has 0 aromatic carbocycles. The summed E-state index contributed by atoms with van der Waals surface area (Å²) in [6.07, 6.45) is 2.96. The van der Waals surface area contributed by atoms with Gasteiger partial charge in [-0.1, -0.05) is 20.3 Å². The minimum absolute atomic E-state index is 0.0374. The molecule has 82 valence electrons. The van der Waals surface area contributed by atoms with Crippen molar-refractivity contribution in [3.8, 4) is 0 Å². The number of hydrogen-bond donors (Lipinski definition) is 3. The lowest BCUT2D eigenvalue weighted by molar-refractivity contribution is 0.292. The minimum Gasteiger partial charge on any atom is -0.465 e. The van der Waals surface area contributed by atoms with E-state index in [0.29, 0.717) is 13.2 Å². The maximum Gasteiger partial charge on any atom is 0.288 e. The molecule has 4 N–H and O–H groups in total. The summed E-state index contributed by atoms with van der Waals surface area (Å²) in [7, 11) is 0. The van der Waals surface area contributed by atoms with E-state index in [1.165, 1.54) is 0 Å². The van der Waals surface area contributed by atoms with E-state index in [0.717, 1.165) is 19.3 Å². The molecule has 0 bridgehead atoms. The van der Waals surface area contributed by atoms with Crippen molar-refractivity contribution in [3.63, 3.8) is 0 Å². The Labute approximate surface area is 85.2 Å². The molecule has 0 rings (SSSR count). The van der Waals surface area contributed by atoms with E-state index >= 15 is 0 Å². The number of ether oxygens (including phenoxy) is 1. The molecule has 0 aliphatic rings. The summed E-state index contributed by atoms with van der Waals surface area (Å²) >= 11 is 0. The predicted octanol–water partition coefficient (Wildman–Crippen LogP) is 1.05. The number of nitrogens with two attached hydrogens (primary N) is 1. The third kappa shape index (κ3) is 7.39. The van der Waals surface area contributed by atoms with Crippen molar-refractivity contribution < 1.29 is 4.74 Å². The van der Waals surface area contributed by atoms with E-state index in [1.54, 1.807) is 0 Å². The molecule has 0 spiro atoms. The van der Waals surface area contributed by atoms with Gasteiger partial charge in [-0.15, -0.1) is 0 Å². The lowest BCUT2D eigenvalue weighted by Gasteiger charge is -2.07. The van der Waals surface area contributed by atoms with Gasteiger partial charge in [0.25, 0.3) is 6.02 Å². The summed E-state index contributed by atoms with van der Waals surface area (Å²) in [5, 5.41) is 9.87. The molecule has 5 heteroatoms.